The maximum atomic E-state index is 12.8. The maximum absolute atomic E-state index is 12.8. The topological polar surface area (TPSA) is 51.2 Å². The zero-order valence-corrected chi connectivity index (χ0v) is 15.0. The number of rotatable bonds is 7. The van der Waals surface area contributed by atoms with Crippen LogP contribution in [0.5, 0.6) is 5.75 Å². The lowest BCUT2D eigenvalue weighted by atomic mass is 10.0. The Morgan fingerprint density at radius 3 is 2.67 bits per heavy atom. The summed E-state index contributed by atoms with van der Waals surface area (Å²) in [5, 5.41) is 3.21. The molecular formula is C23H22N2O2. The van der Waals surface area contributed by atoms with Crippen LogP contribution in [-0.2, 0) is 6.61 Å². The largest absolute Gasteiger partial charge is 0.489 e. The van der Waals surface area contributed by atoms with Crippen LogP contribution in [0, 0.1) is 5.92 Å². The first-order valence-electron chi connectivity index (χ1n) is 9.27. The molecule has 0 bridgehead atoms. The summed E-state index contributed by atoms with van der Waals surface area (Å²) in [5.74, 6) is 1.14. The molecule has 1 aliphatic rings. The van der Waals surface area contributed by atoms with Gasteiger partial charge in [-0.2, -0.15) is 0 Å². The Hall–Kier alpha value is -3.14. The smallest absolute Gasteiger partial charge is 0.251 e. The van der Waals surface area contributed by atoms with Crippen LogP contribution in [0.2, 0.25) is 0 Å². The molecule has 0 spiro atoms. The highest BCUT2D eigenvalue weighted by atomic mass is 16.5. The summed E-state index contributed by atoms with van der Waals surface area (Å²) in [5.41, 5.74) is 2.77. The van der Waals surface area contributed by atoms with Gasteiger partial charge in [0.05, 0.1) is 6.04 Å². The van der Waals surface area contributed by atoms with E-state index in [0.29, 0.717) is 23.8 Å². The molecule has 4 nitrogen and oxygen atoms in total. The minimum atomic E-state index is -0.0671. The summed E-state index contributed by atoms with van der Waals surface area (Å²) in [7, 11) is 0. The molecule has 1 heterocycles. The molecule has 0 radical (unpaired) electrons. The maximum Gasteiger partial charge on any atom is 0.251 e. The molecule has 4 heteroatoms. The van der Waals surface area contributed by atoms with Gasteiger partial charge in [-0.05, 0) is 48.6 Å². The average Bonchev–Trinajstić information content (AvgIpc) is 3.57. The number of hydrogen-bond donors (Lipinski definition) is 1. The molecule has 2 aromatic carbocycles. The number of ether oxygens (including phenoxy) is 1. The Kier molecular flexibility index (Phi) is 5.15. The van der Waals surface area contributed by atoms with Crippen molar-refractivity contribution in [2.45, 2.75) is 25.5 Å². The fourth-order valence-corrected chi connectivity index (χ4v) is 3.17. The molecule has 1 amide bonds. The molecule has 4 rings (SSSR count). The van der Waals surface area contributed by atoms with Gasteiger partial charge in [0, 0.05) is 23.5 Å². The number of nitrogens with zero attached hydrogens (tertiary/aromatic N) is 1. The Bertz CT molecular complexity index is 893. The van der Waals surface area contributed by atoms with E-state index < -0.39 is 0 Å². The van der Waals surface area contributed by atoms with Crippen molar-refractivity contribution in [3.05, 3.63) is 95.8 Å². The van der Waals surface area contributed by atoms with E-state index in [0.717, 1.165) is 24.0 Å². The zero-order valence-electron chi connectivity index (χ0n) is 15.0. The SMILES string of the molecule is O=C(NC(c1ccccc1)C1CC1)c1cccc(OCc2cccnc2)c1. The van der Waals surface area contributed by atoms with Gasteiger partial charge < -0.3 is 10.1 Å². The van der Waals surface area contributed by atoms with Gasteiger partial charge in [-0.25, -0.2) is 0 Å². The summed E-state index contributed by atoms with van der Waals surface area (Å²) in [6.45, 7) is 0.424. The highest BCUT2D eigenvalue weighted by Crippen LogP contribution is 2.41. The van der Waals surface area contributed by atoms with Gasteiger partial charge in [0.15, 0.2) is 0 Å². The molecule has 1 N–H and O–H groups in total. The summed E-state index contributed by atoms with van der Waals surface area (Å²) in [4.78, 5) is 16.9. The number of nitrogens with one attached hydrogen (secondary N) is 1. The third-order valence-corrected chi connectivity index (χ3v) is 4.76. The van der Waals surface area contributed by atoms with E-state index in [1.165, 1.54) is 0 Å². The second-order valence-electron chi connectivity index (χ2n) is 6.88. The van der Waals surface area contributed by atoms with Crippen LogP contribution in [0.3, 0.4) is 0 Å². The lowest BCUT2D eigenvalue weighted by Gasteiger charge is -2.19. The average molecular weight is 358 g/mol. The molecule has 136 valence electrons. The van der Waals surface area contributed by atoms with Crippen molar-refractivity contribution in [1.82, 2.24) is 10.3 Å². The van der Waals surface area contributed by atoms with Crippen LogP contribution in [0.15, 0.2) is 79.1 Å². The fraction of sp³-hybridized carbons (Fsp3) is 0.217. The highest BCUT2D eigenvalue weighted by Gasteiger charge is 2.33. The van der Waals surface area contributed by atoms with Crippen LogP contribution < -0.4 is 10.1 Å². The molecule has 1 saturated carbocycles. The standard InChI is InChI=1S/C23H22N2O2/c26-23(25-22(19-11-12-19)18-7-2-1-3-8-18)20-9-4-10-21(14-20)27-16-17-6-5-13-24-15-17/h1-10,13-15,19,22H,11-12,16H2,(H,25,26). The predicted octanol–water partition coefficient (Wildman–Crippen LogP) is 4.54. The van der Waals surface area contributed by atoms with Crippen LogP contribution in [-0.4, -0.2) is 10.9 Å². The van der Waals surface area contributed by atoms with Crippen LogP contribution >= 0.6 is 0 Å². The molecule has 0 saturated heterocycles. The molecule has 1 aliphatic carbocycles. The summed E-state index contributed by atoms with van der Waals surface area (Å²) < 4.78 is 5.81. The number of carbonyl (C=O) groups is 1. The van der Waals surface area contributed by atoms with Gasteiger partial charge in [-0.1, -0.05) is 42.5 Å². The van der Waals surface area contributed by atoms with E-state index in [4.69, 9.17) is 4.74 Å². The van der Waals surface area contributed by atoms with Crippen LogP contribution in [0.1, 0.15) is 40.4 Å². The van der Waals surface area contributed by atoms with Gasteiger partial charge in [0.1, 0.15) is 12.4 Å². The fourth-order valence-electron chi connectivity index (χ4n) is 3.17. The van der Waals surface area contributed by atoms with Crippen LogP contribution in [0.25, 0.3) is 0 Å². The number of benzene rings is 2. The molecule has 27 heavy (non-hydrogen) atoms. The minimum absolute atomic E-state index is 0.0671. The third-order valence-electron chi connectivity index (χ3n) is 4.76. The summed E-state index contributed by atoms with van der Waals surface area (Å²) in [6.07, 6.45) is 5.83. The van der Waals surface area contributed by atoms with Gasteiger partial charge in [-0.3, -0.25) is 9.78 Å². The van der Waals surface area contributed by atoms with Crippen molar-refractivity contribution in [2.24, 2.45) is 5.92 Å². The monoisotopic (exact) mass is 358 g/mol. The predicted molar refractivity (Wildman–Crippen MR) is 104 cm³/mol. The van der Waals surface area contributed by atoms with E-state index in [9.17, 15) is 4.79 Å². The second kappa shape index (κ2) is 8.04. The first-order valence-corrected chi connectivity index (χ1v) is 9.27. The number of hydrogen-bond acceptors (Lipinski definition) is 3. The van der Waals surface area contributed by atoms with Crippen molar-refractivity contribution in [3.63, 3.8) is 0 Å². The first-order chi connectivity index (χ1) is 13.3. The molecule has 1 aromatic heterocycles. The summed E-state index contributed by atoms with van der Waals surface area (Å²) >= 11 is 0. The lowest BCUT2D eigenvalue weighted by molar-refractivity contribution is 0.0931. The normalized spacial score (nSPS) is 14.4. The lowest BCUT2D eigenvalue weighted by Crippen LogP contribution is -2.29. The Labute approximate surface area is 159 Å². The van der Waals surface area contributed by atoms with E-state index in [-0.39, 0.29) is 11.9 Å². The van der Waals surface area contributed by atoms with E-state index in [1.807, 2.05) is 48.5 Å². The number of aromatic nitrogens is 1. The number of amides is 1. The minimum Gasteiger partial charge on any atom is -0.489 e. The van der Waals surface area contributed by atoms with Crippen molar-refractivity contribution >= 4 is 5.91 Å². The molecule has 3 aromatic rings. The van der Waals surface area contributed by atoms with Crippen molar-refractivity contribution in [2.75, 3.05) is 0 Å². The van der Waals surface area contributed by atoms with E-state index >= 15 is 0 Å². The van der Waals surface area contributed by atoms with E-state index in [1.54, 1.807) is 18.5 Å². The number of carbonyl (C=O) groups excluding carboxylic acids is 1. The van der Waals surface area contributed by atoms with Crippen molar-refractivity contribution in [1.29, 1.82) is 0 Å². The van der Waals surface area contributed by atoms with Gasteiger partial charge >= 0.3 is 0 Å². The molecule has 1 atom stereocenters. The third kappa shape index (κ3) is 4.53. The molecule has 1 fully saturated rings. The zero-order chi connectivity index (χ0) is 18.5. The Morgan fingerprint density at radius 2 is 1.93 bits per heavy atom. The van der Waals surface area contributed by atoms with Crippen molar-refractivity contribution in [3.8, 4) is 5.75 Å². The summed E-state index contributed by atoms with van der Waals surface area (Å²) in [6, 6.07) is 21.4. The number of pyridine rings is 1. The van der Waals surface area contributed by atoms with Gasteiger partial charge in [-0.15, -0.1) is 0 Å². The molecular weight excluding hydrogens is 336 g/mol. The first kappa shape index (κ1) is 17.3. The molecule has 0 aliphatic heterocycles. The Balaban J connectivity index is 1.44. The molecule has 1 unspecified atom stereocenters. The highest BCUT2D eigenvalue weighted by molar-refractivity contribution is 5.94. The van der Waals surface area contributed by atoms with Gasteiger partial charge in [0.2, 0.25) is 0 Å². The van der Waals surface area contributed by atoms with E-state index in [2.05, 4.69) is 22.4 Å². The quantitative estimate of drug-likeness (QED) is 0.674. The second-order valence-corrected chi connectivity index (χ2v) is 6.88. The van der Waals surface area contributed by atoms with Crippen molar-refractivity contribution < 1.29 is 9.53 Å². The van der Waals surface area contributed by atoms with Crippen LogP contribution in [0.4, 0.5) is 0 Å². The Morgan fingerprint density at radius 1 is 1.07 bits per heavy atom. The van der Waals surface area contributed by atoms with Gasteiger partial charge in [0.25, 0.3) is 5.91 Å².